The molecule has 128 valence electrons. The van der Waals surface area contributed by atoms with Crippen molar-refractivity contribution >= 4 is 11.6 Å². The largest absolute Gasteiger partial charge is 0.385 e. The van der Waals surface area contributed by atoms with Crippen molar-refractivity contribution in [3.8, 4) is 0 Å². The van der Waals surface area contributed by atoms with Crippen LogP contribution >= 0.6 is 0 Å². The maximum atomic E-state index is 12.2. The molecule has 1 aliphatic heterocycles. The first-order chi connectivity index (χ1) is 11.1. The maximum Gasteiger partial charge on any atom is 0.236 e. The van der Waals surface area contributed by atoms with E-state index < -0.39 is 0 Å². The summed E-state index contributed by atoms with van der Waals surface area (Å²) in [5.41, 5.74) is 3.96. The molecule has 1 fully saturated rings. The monoisotopic (exact) mass is 319 g/mol. The number of ether oxygens (including phenoxy) is 1. The SMILES string of the molecule is COCCCNCC(=O)N1CCN(c2cccc(C)c2C)CC1. The highest BCUT2D eigenvalue weighted by Gasteiger charge is 2.21. The molecule has 1 aliphatic rings. The van der Waals surface area contributed by atoms with Gasteiger partial charge in [-0.25, -0.2) is 0 Å². The van der Waals surface area contributed by atoms with Gasteiger partial charge in [-0.2, -0.15) is 0 Å². The van der Waals surface area contributed by atoms with Gasteiger partial charge in [-0.15, -0.1) is 0 Å². The Hall–Kier alpha value is -1.59. The van der Waals surface area contributed by atoms with Gasteiger partial charge in [0.15, 0.2) is 0 Å². The third-order valence-electron chi connectivity index (χ3n) is 4.53. The van der Waals surface area contributed by atoms with Crippen LogP contribution in [0.25, 0.3) is 0 Å². The summed E-state index contributed by atoms with van der Waals surface area (Å²) in [5, 5.41) is 3.19. The number of piperazine rings is 1. The zero-order chi connectivity index (χ0) is 16.7. The van der Waals surface area contributed by atoms with Gasteiger partial charge in [0, 0.05) is 45.6 Å². The molecule has 0 atom stereocenters. The summed E-state index contributed by atoms with van der Waals surface area (Å²) in [6, 6.07) is 6.43. The standard InChI is InChI=1S/C18H29N3O2/c1-15-6-4-7-17(16(15)2)20-9-11-21(12-10-20)18(22)14-19-8-5-13-23-3/h4,6-7,19H,5,8-14H2,1-3H3. The van der Waals surface area contributed by atoms with Gasteiger partial charge in [-0.3, -0.25) is 4.79 Å². The number of nitrogens with one attached hydrogen (secondary N) is 1. The van der Waals surface area contributed by atoms with Gasteiger partial charge in [0.05, 0.1) is 6.54 Å². The number of nitrogens with zero attached hydrogens (tertiary/aromatic N) is 2. The lowest BCUT2D eigenvalue weighted by molar-refractivity contribution is -0.130. The molecular weight excluding hydrogens is 290 g/mol. The molecule has 2 rings (SSSR count). The van der Waals surface area contributed by atoms with Crippen molar-refractivity contribution in [1.29, 1.82) is 0 Å². The van der Waals surface area contributed by atoms with Crippen LogP contribution in [0, 0.1) is 13.8 Å². The predicted octanol–water partition coefficient (Wildman–Crippen LogP) is 1.58. The molecule has 1 heterocycles. The summed E-state index contributed by atoms with van der Waals surface area (Å²) in [4.78, 5) is 16.6. The Morgan fingerprint density at radius 2 is 1.96 bits per heavy atom. The van der Waals surface area contributed by atoms with E-state index in [-0.39, 0.29) is 5.91 Å². The molecule has 1 aromatic carbocycles. The van der Waals surface area contributed by atoms with Crippen LogP contribution in [0.4, 0.5) is 5.69 Å². The zero-order valence-electron chi connectivity index (χ0n) is 14.6. The third kappa shape index (κ3) is 4.94. The number of methoxy groups -OCH3 is 1. The molecule has 1 saturated heterocycles. The van der Waals surface area contributed by atoms with Crippen LogP contribution in [-0.2, 0) is 9.53 Å². The summed E-state index contributed by atoms with van der Waals surface area (Å²) in [5.74, 6) is 0.197. The molecule has 1 N–H and O–H groups in total. The summed E-state index contributed by atoms with van der Waals surface area (Å²) in [6.45, 7) is 9.70. The van der Waals surface area contributed by atoms with Crippen LogP contribution in [0.2, 0.25) is 0 Å². The Morgan fingerprint density at radius 1 is 1.22 bits per heavy atom. The number of benzene rings is 1. The topological polar surface area (TPSA) is 44.8 Å². The van der Waals surface area contributed by atoms with E-state index >= 15 is 0 Å². The van der Waals surface area contributed by atoms with Crippen LogP contribution in [0.15, 0.2) is 18.2 Å². The van der Waals surface area contributed by atoms with Gasteiger partial charge in [-0.1, -0.05) is 12.1 Å². The van der Waals surface area contributed by atoms with Crippen molar-refractivity contribution in [1.82, 2.24) is 10.2 Å². The van der Waals surface area contributed by atoms with Crippen molar-refractivity contribution in [2.45, 2.75) is 20.3 Å². The molecular formula is C18H29N3O2. The predicted molar refractivity (Wildman–Crippen MR) is 94.1 cm³/mol. The number of hydrogen-bond acceptors (Lipinski definition) is 4. The number of hydrogen-bond donors (Lipinski definition) is 1. The molecule has 0 spiro atoms. The number of anilines is 1. The van der Waals surface area contributed by atoms with Crippen LogP contribution in [0.3, 0.4) is 0 Å². The molecule has 0 bridgehead atoms. The summed E-state index contributed by atoms with van der Waals surface area (Å²) < 4.78 is 5.00. The van der Waals surface area contributed by atoms with E-state index in [9.17, 15) is 4.79 Å². The number of carbonyl (C=O) groups is 1. The van der Waals surface area contributed by atoms with Crippen molar-refractivity contribution in [3.63, 3.8) is 0 Å². The molecule has 5 heteroatoms. The molecule has 0 radical (unpaired) electrons. The quantitative estimate of drug-likeness (QED) is 0.775. The van der Waals surface area contributed by atoms with E-state index in [0.29, 0.717) is 6.54 Å². The van der Waals surface area contributed by atoms with Gasteiger partial charge in [0.25, 0.3) is 0 Å². The Labute approximate surface area is 139 Å². The average molecular weight is 319 g/mol. The Morgan fingerprint density at radius 3 is 2.65 bits per heavy atom. The molecule has 23 heavy (non-hydrogen) atoms. The van der Waals surface area contributed by atoms with Crippen LogP contribution in [-0.4, -0.2) is 63.8 Å². The molecule has 1 aromatic rings. The fraction of sp³-hybridized carbons (Fsp3) is 0.611. The summed E-state index contributed by atoms with van der Waals surface area (Å²) in [6.07, 6.45) is 0.935. The number of carbonyl (C=O) groups excluding carboxylic acids is 1. The normalized spacial score (nSPS) is 15.1. The number of aryl methyl sites for hydroxylation is 1. The van der Waals surface area contributed by atoms with E-state index in [1.54, 1.807) is 7.11 Å². The molecule has 0 unspecified atom stereocenters. The highest BCUT2D eigenvalue weighted by atomic mass is 16.5. The van der Waals surface area contributed by atoms with Gasteiger partial charge >= 0.3 is 0 Å². The van der Waals surface area contributed by atoms with Crippen molar-refractivity contribution < 1.29 is 9.53 Å². The van der Waals surface area contributed by atoms with Crippen molar-refractivity contribution in [3.05, 3.63) is 29.3 Å². The minimum absolute atomic E-state index is 0.197. The Bertz CT molecular complexity index is 511. The van der Waals surface area contributed by atoms with E-state index in [1.807, 2.05) is 4.90 Å². The first kappa shape index (κ1) is 17.8. The van der Waals surface area contributed by atoms with Crippen molar-refractivity contribution in [2.75, 3.05) is 57.9 Å². The summed E-state index contributed by atoms with van der Waals surface area (Å²) >= 11 is 0. The van der Waals surface area contributed by atoms with Crippen LogP contribution < -0.4 is 10.2 Å². The molecule has 0 aromatic heterocycles. The lowest BCUT2D eigenvalue weighted by atomic mass is 10.1. The van der Waals surface area contributed by atoms with Gasteiger partial charge in [0.2, 0.25) is 5.91 Å². The number of amides is 1. The minimum Gasteiger partial charge on any atom is -0.385 e. The molecule has 0 saturated carbocycles. The van der Waals surface area contributed by atoms with Crippen LogP contribution in [0.1, 0.15) is 17.5 Å². The van der Waals surface area contributed by atoms with Gasteiger partial charge < -0.3 is 19.9 Å². The average Bonchev–Trinajstić information content (AvgIpc) is 2.57. The van der Waals surface area contributed by atoms with Gasteiger partial charge in [0.1, 0.15) is 0 Å². The highest BCUT2D eigenvalue weighted by Crippen LogP contribution is 2.23. The lowest BCUT2D eigenvalue weighted by Gasteiger charge is -2.37. The molecule has 1 amide bonds. The van der Waals surface area contributed by atoms with E-state index in [0.717, 1.165) is 45.8 Å². The fourth-order valence-corrected chi connectivity index (χ4v) is 2.92. The minimum atomic E-state index is 0.197. The molecule has 5 nitrogen and oxygen atoms in total. The Kier molecular flexibility index (Phi) is 6.86. The Balaban J connectivity index is 1.77. The first-order valence-corrected chi connectivity index (χ1v) is 8.42. The smallest absolute Gasteiger partial charge is 0.236 e. The van der Waals surface area contributed by atoms with Crippen LogP contribution in [0.5, 0.6) is 0 Å². The third-order valence-corrected chi connectivity index (χ3v) is 4.53. The second kappa shape index (κ2) is 8.89. The second-order valence-corrected chi connectivity index (χ2v) is 6.11. The first-order valence-electron chi connectivity index (χ1n) is 8.42. The maximum absolute atomic E-state index is 12.2. The van der Waals surface area contributed by atoms with E-state index in [1.165, 1.54) is 16.8 Å². The lowest BCUT2D eigenvalue weighted by Crippen LogP contribution is -2.51. The highest BCUT2D eigenvalue weighted by molar-refractivity contribution is 5.78. The van der Waals surface area contributed by atoms with Crippen molar-refractivity contribution in [2.24, 2.45) is 0 Å². The summed E-state index contributed by atoms with van der Waals surface area (Å²) in [7, 11) is 1.70. The zero-order valence-corrected chi connectivity index (χ0v) is 14.6. The number of rotatable bonds is 7. The fourth-order valence-electron chi connectivity index (χ4n) is 2.92. The van der Waals surface area contributed by atoms with E-state index in [2.05, 4.69) is 42.3 Å². The van der Waals surface area contributed by atoms with Gasteiger partial charge in [-0.05, 0) is 44.0 Å². The second-order valence-electron chi connectivity index (χ2n) is 6.11. The van der Waals surface area contributed by atoms with E-state index in [4.69, 9.17) is 4.74 Å². The molecule has 0 aliphatic carbocycles.